The first-order chi connectivity index (χ1) is 14.3. The van der Waals surface area contributed by atoms with Crippen molar-refractivity contribution in [2.75, 3.05) is 11.3 Å². The summed E-state index contributed by atoms with van der Waals surface area (Å²) in [4.78, 5) is 3.48. The van der Waals surface area contributed by atoms with Crippen molar-refractivity contribution >= 4 is 27.4 Å². The van der Waals surface area contributed by atoms with Crippen molar-refractivity contribution in [1.29, 1.82) is 5.26 Å². The minimum absolute atomic E-state index is 0.0117. The molecule has 0 aliphatic heterocycles. The summed E-state index contributed by atoms with van der Waals surface area (Å²) in [6.45, 7) is 2.18. The summed E-state index contributed by atoms with van der Waals surface area (Å²) in [5.41, 5.74) is -0.0117. The lowest BCUT2D eigenvalue weighted by Crippen LogP contribution is -2.14. The van der Waals surface area contributed by atoms with Crippen molar-refractivity contribution in [1.82, 2.24) is 4.98 Å². The molecule has 0 spiro atoms. The summed E-state index contributed by atoms with van der Waals surface area (Å²) in [7, 11) is -4.05. The lowest BCUT2D eigenvalue weighted by atomic mass is 10.2. The minimum atomic E-state index is -4.05. The van der Waals surface area contributed by atoms with Crippen LogP contribution in [0, 0.1) is 17.1 Å². The number of ether oxygens (including phenoxy) is 2. The third-order valence-electron chi connectivity index (χ3n) is 3.77. The molecule has 30 heavy (non-hydrogen) atoms. The highest BCUT2D eigenvalue weighted by Gasteiger charge is 2.19. The smallest absolute Gasteiger partial charge is 0.263 e. The van der Waals surface area contributed by atoms with E-state index in [2.05, 4.69) is 9.71 Å². The number of pyridine rings is 1. The first-order valence-corrected chi connectivity index (χ1v) is 10.5. The normalized spacial score (nSPS) is 10.9. The fraction of sp³-hybridized carbons (Fsp3) is 0.100. The van der Waals surface area contributed by atoms with Gasteiger partial charge >= 0.3 is 0 Å². The molecule has 0 saturated carbocycles. The molecule has 10 heteroatoms. The SMILES string of the molecule is CCOc1cc(Cl)ccc1Oc1ccc(S(=O)(=O)Nc2ccc(F)cn2)cc1C#N. The quantitative estimate of drug-likeness (QED) is 0.561. The molecule has 154 valence electrons. The molecule has 0 radical (unpaired) electrons. The molecule has 2 aromatic carbocycles. The number of halogens is 2. The molecule has 1 heterocycles. The Labute approximate surface area is 177 Å². The molecule has 0 saturated heterocycles. The summed E-state index contributed by atoms with van der Waals surface area (Å²) >= 11 is 5.97. The number of nitrogens with one attached hydrogen (secondary N) is 1. The van der Waals surface area contributed by atoms with E-state index in [0.717, 1.165) is 18.3 Å². The number of aromatic nitrogens is 1. The van der Waals surface area contributed by atoms with E-state index < -0.39 is 15.8 Å². The van der Waals surface area contributed by atoms with E-state index in [1.54, 1.807) is 25.1 Å². The molecule has 0 unspecified atom stereocenters. The van der Waals surface area contributed by atoms with Gasteiger partial charge in [-0.25, -0.2) is 17.8 Å². The third-order valence-corrected chi connectivity index (χ3v) is 5.36. The van der Waals surface area contributed by atoms with Crippen LogP contribution < -0.4 is 14.2 Å². The van der Waals surface area contributed by atoms with Gasteiger partial charge in [-0.2, -0.15) is 5.26 Å². The molecule has 0 aliphatic carbocycles. The molecule has 3 aromatic rings. The molecule has 1 aromatic heterocycles. The second-order valence-corrected chi connectivity index (χ2v) is 7.98. The first-order valence-electron chi connectivity index (χ1n) is 8.61. The molecule has 0 aliphatic rings. The molecule has 0 amide bonds. The summed E-state index contributed by atoms with van der Waals surface area (Å²) in [5.74, 6) is 0.189. The predicted molar refractivity (Wildman–Crippen MR) is 109 cm³/mol. The number of nitriles is 1. The zero-order valence-corrected chi connectivity index (χ0v) is 17.2. The highest BCUT2D eigenvalue weighted by molar-refractivity contribution is 7.92. The Bertz CT molecular complexity index is 1210. The topological polar surface area (TPSA) is 101 Å². The number of benzene rings is 2. The van der Waals surface area contributed by atoms with Crippen molar-refractivity contribution in [3.8, 4) is 23.3 Å². The summed E-state index contributed by atoms with van der Waals surface area (Å²) in [5, 5.41) is 9.92. The van der Waals surface area contributed by atoms with Crippen LogP contribution >= 0.6 is 11.6 Å². The standard InChI is InChI=1S/C20H15ClFN3O4S/c1-2-28-19-10-14(21)3-6-18(19)29-17-7-5-16(9-13(17)11-23)30(26,27)25-20-8-4-15(22)12-24-20/h3-10,12H,2H2,1H3,(H,24,25). The van der Waals surface area contributed by atoms with E-state index in [1.807, 2.05) is 6.07 Å². The van der Waals surface area contributed by atoms with Gasteiger partial charge in [0.1, 0.15) is 23.5 Å². The van der Waals surface area contributed by atoms with Gasteiger partial charge in [0.2, 0.25) is 0 Å². The van der Waals surface area contributed by atoms with Crippen molar-refractivity contribution < 1.29 is 22.3 Å². The summed E-state index contributed by atoms with van der Waals surface area (Å²) < 4.78 is 51.6. The molecule has 0 fully saturated rings. The lowest BCUT2D eigenvalue weighted by Gasteiger charge is -2.14. The van der Waals surface area contributed by atoms with Crippen LogP contribution in [0.15, 0.2) is 59.6 Å². The van der Waals surface area contributed by atoms with Gasteiger partial charge in [0, 0.05) is 11.1 Å². The maximum Gasteiger partial charge on any atom is 0.263 e. The van der Waals surface area contributed by atoms with Crippen LogP contribution in [0.4, 0.5) is 10.2 Å². The minimum Gasteiger partial charge on any atom is -0.490 e. The summed E-state index contributed by atoms with van der Waals surface area (Å²) in [6.07, 6.45) is 0.886. The van der Waals surface area contributed by atoms with Gasteiger partial charge in [0.25, 0.3) is 10.0 Å². The van der Waals surface area contributed by atoms with Crippen molar-refractivity contribution in [3.05, 3.63) is 71.1 Å². The average Bonchev–Trinajstić information content (AvgIpc) is 2.72. The summed E-state index contributed by atoms with van der Waals surface area (Å²) in [6, 6.07) is 12.7. The number of hydrogen-bond acceptors (Lipinski definition) is 6. The zero-order chi connectivity index (χ0) is 21.7. The monoisotopic (exact) mass is 447 g/mol. The van der Waals surface area contributed by atoms with Crippen LogP contribution in [0.3, 0.4) is 0 Å². The molecular weight excluding hydrogens is 433 g/mol. The molecular formula is C20H15ClFN3O4S. The van der Waals surface area contributed by atoms with Crippen LogP contribution in [0.2, 0.25) is 5.02 Å². The van der Waals surface area contributed by atoms with Gasteiger partial charge in [-0.1, -0.05) is 11.6 Å². The fourth-order valence-corrected chi connectivity index (χ4v) is 3.63. The Morgan fingerprint density at radius 2 is 1.90 bits per heavy atom. The average molecular weight is 448 g/mol. The zero-order valence-electron chi connectivity index (χ0n) is 15.6. The first kappa shape index (κ1) is 21.4. The fourth-order valence-electron chi connectivity index (χ4n) is 2.44. The van der Waals surface area contributed by atoms with Crippen molar-refractivity contribution in [3.63, 3.8) is 0 Å². The number of anilines is 1. The van der Waals surface area contributed by atoms with E-state index in [-0.39, 0.29) is 22.0 Å². The third kappa shape index (κ3) is 4.97. The van der Waals surface area contributed by atoms with E-state index >= 15 is 0 Å². The van der Waals surface area contributed by atoms with Gasteiger partial charge in [-0.15, -0.1) is 0 Å². The van der Waals surface area contributed by atoms with E-state index in [1.165, 1.54) is 18.2 Å². The number of hydrogen-bond donors (Lipinski definition) is 1. The maximum absolute atomic E-state index is 13.0. The van der Waals surface area contributed by atoms with E-state index in [4.69, 9.17) is 21.1 Å². The van der Waals surface area contributed by atoms with Crippen LogP contribution in [0.5, 0.6) is 17.2 Å². The Balaban J connectivity index is 1.90. The largest absolute Gasteiger partial charge is 0.490 e. The van der Waals surface area contributed by atoms with Gasteiger partial charge in [-0.05, 0) is 49.4 Å². The van der Waals surface area contributed by atoms with Crippen molar-refractivity contribution in [2.45, 2.75) is 11.8 Å². The molecule has 0 atom stereocenters. The maximum atomic E-state index is 13.0. The highest BCUT2D eigenvalue weighted by atomic mass is 35.5. The Morgan fingerprint density at radius 1 is 1.13 bits per heavy atom. The van der Waals surface area contributed by atoms with Crippen LogP contribution in [-0.4, -0.2) is 20.0 Å². The molecule has 3 rings (SSSR count). The molecule has 1 N–H and O–H groups in total. The highest BCUT2D eigenvalue weighted by Crippen LogP contribution is 2.36. The van der Waals surface area contributed by atoms with Gasteiger partial charge < -0.3 is 9.47 Å². The van der Waals surface area contributed by atoms with Crippen LogP contribution in [0.1, 0.15) is 12.5 Å². The Kier molecular flexibility index (Phi) is 6.40. The van der Waals surface area contributed by atoms with Gasteiger partial charge in [0.15, 0.2) is 11.5 Å². The Hall–Kier alpha value is -3.35. The molecule has 0 bridgehead atoms. The van der Waals surface area contributed by atoms with Crippen LogP contribution in [0.25, 0.3) is 0 Å². The van der Waals surface area contributed by atoms with Gasteiger partial charge in [-0.3, -0.25) is 4.72 Å². The van der Waals surface area contributed by atoms with Crippen molar-refractivity contribution in [2.24, 2.45) is 0 Å². The number of sulfonamides is 1. The van der Waals surface area contributed by atoms with Gasteiger partial charge in [0.05, 0.1) is 23.3 Å². The second-order valence-electron chi connectivity index (χ2n) is 5.86. The lowest BCUT2D eigenvalue weighted by molar-refractivity contribution is 0.321. The van der Waals surface area contributed by atoms with E-state index in [0.29, 0.717) is 23.1 Å². The number of nitrogens with zero attached hydrogens (tertiary/aromatic N) is 2. The van der Waals surface area contributed by atoms with Crippen LogP contribution in [-0.2, 0) is 10.0 Å². The number of rotatable bonds is 7. The molecule has 7 nitrogen and oxygen atoms in total. The second kappa shape index (κ2) is 8.98. The predicted octanol–water partition coefficient (Wildman–Crippen LogP) is 4.74. The van der Waals surface area contributed by atoms with E-state index in [9.17, 15) is 18.1 Å². The Morgan fingerprint density at radius 3 is 2.57 bits per heavy atom.